The van der Waals surface area contributed by atoms with Crippen LogP contribution in [0.4, 0.5) is 0 Å². The van der Waals surface area contributed by atoms with Crippen LogP contribution in [0.15, 0.2) is 45.6 Å². The van der Waals surface area contributed by atoms with Crippen LogP contribution in [0, 0.1) is 13.8 Å². The summed E-state index contributed by atoms with van der Waals surface area (Å²) in [5.74, 6) is 0.00120. The van der Waals surface area contributed by atoms with Gasteiger partial charge in [0.25, 0.3) is 5.91 Å². The molecule has 0 bridgehead atoms. The van der Waals surface area contributed by atoms with E-state index in [0.717, 1.165) is 56.0 Å². The maximum absolute atomic E-state index is 13.6. The van der Waals surface area contributed by atoms with Gasteiger partial charge in [0.05, 0.1) is 30.2 Å². The molecule has 1 saturated heterocycles. The number of aryl methyl sites for hydroxylation is 2. The largest absolute Gasteiger partial charge is 0.508 e. The fourth-order valence-corrected chi connectivity index (χ4v) is 4.80. The molecule has 2 aliphatic rings. The van der Waals surface area contributed by atoms with Gasteiger partial charge < -0.3 is 19.2 Å². The second-order valence-corrected chi connectivity index (χ2v) is 8.91. The summed E-state index contributed by atoms with van der Waals surface area (Å²) >= 11 is 0. The normalized spacial score (nSPS) is 18.8. The molecule has 0 spiro atoms. The van der Waals surface area contributed by atoms with Crippen LogP contribution < -0.4 is 5.43 Å². The number of benzene rings is 2. The predicted octanol–water partition coefficient (Wildman–Crippen LogP) is 3.38. The summed E-state index contributed by atoms with van der Waals surface area (Å²) in [5, 5.41) is 10.3. The molecule has 2 aromatic carbocycles. The molecular weight excluding hydrogens is 420 g/mol. The van der Waals surface area contributed by atoms with Gasteiger partial charge in [0.15, 0.2) is 5.43 Å². The third-order valence-corrected chi connectivity index (χ3v) is 6.77. The van der Waals surface area contributed by atoms with Gasteiger partial charge in [-0.05, 0) is 61.2 Å². The van der Waals surface area contributed by atoms with Crippen LogP contribution in [0.3, 0.4) is 0 Å². The Morgan fingerprint density at radius 2 is 1.70 bits per heavy atom. The first-order chi connectivity index (χ1) is 15.9. The quantitative estimate of drug-likeness (QED) is 0.644. The summed E-state index contributed by atoms with van der Waals surface area (Å²) in [6.45, 7) is 8.51. The predicted molar refractivity (Wildman–Crippen MR) is 125 cm³/mol. The summed E-state index contributed by atoms with van der Waals surface area (Å²) in [6.07, 6.45) is 0.778. The van der Waals surface area contributed by atoms with Gasteiger partial charge in [0.1, 0.15) is 11.3 Å². The van der Waals surface area contributed by atoms with Crippen molar-refractivity contribution in [3.63, 3.8) is 0 Å². The zero-order valence-corrected chi connectivity index (χ0v) is 19.0. The molecule has 5 rings (SSSR count). The minimum absolute atomic E-state index is 0.125. The number of rotatable bonds is 5. The van der Waals surface area contributed by atoms with Crippen molar-refractivity contribution in [2.75, 3.05) is 39.4 Å². The van der Waals surface area contributed by atoms with Crippen molar-refractivity contribution in [3.8, 4) is 5.75 Å². The molecule has 3 heterocycles. The Morgan fingerprint density at radius 1 is 1.00 bits per heavy atom. The first-order valence-corrected chi connectivity index (χ1v) is 11.4. The minimum atomic E-state index is -0.542. The molecule has 2 aliphatic heterocycles. The lowest BCUT2D eigenvalue weighted by atomic mass is 9.97. The monoisotopic (exact) mass is 448 g/mol. The van der Waals surface area contributed by atoms with Gasteiger partial charge in [-0.15, -0.1) is 0 Å². The van der Waals surface area contributed by atoms with Crippen LogP contribution in [-0.4, -0.2) is 60.2 Å². The number of nitrogens with zero attached hydrogens (tertiary/aromatic N) is 2. The maximum Gasteiger partial charge on any atom is 0.290 e. The number of phenolic OH excluding ortho intramolecular Hbond substituents is 1. The van der Waals surface area contributed by atoms with Crippen LogP contribution in [0.1, 0.15) is 45.3 Å². The summed E-state index contributed by atoms with van der Waals surface area (Å²) in [6, 6.07) is 9.83. The highest BCUT2D eigenvalue weighted by Gasteiger charge is 2.42. The standard InChI is InChI=1S/C26H28N2O5/c1-16-14-20-21(15-17(16)2)33-25-22(24(20)30)23(18-4-6-19(29)7-5-18)28(26(25)31)9-3-8-27-10-12-32-13-11-27/h4-7,14-15,23,29H,3,8-13H2,1-2H3. The lowest BCUT2D eigenvalue weighted by Crippen LogP contribution is -2.38. The third-order valence-electron chi connectivity index (χ3n) is 6.77. The number of phenols is 1. The first kappa shape index (κ1) is 21.7. The van der Waals surface area contributed by atoms with E-state index in [9.17, 15) is 14.7 Å². The zero-order chi connectivity index (χ0) is 23.1. The van der Waals surface area contributed by atoms with E-state index in [4.69, 9.17) is 9.15 Å². The molecule has 3 aromatic rings. The van der Waals surface area contributed by atoms with Crippen molar-refractivity contribution >= 4 is 16.9 Å². The molecular formula is C26H28N2O5. The molecule has 0 radical (unpaired) electrons. The second kappa shape index (κ2) is 8.65. The van der Waals surface area contributed by atoms with Crippen molar-refractivity contribution in [2.24, 2.45) is 0 Å². The Kier molecular flexibility index (Phi) is 5.68. The van der Waals surface area contributed by atoms with Gasteiger partial charge in [-0.1, -0.05) is 12.1 Å². The van der Waals surface area contributed by atoms with Crippen molar-refractivity contribution in [3.05, 3.63) is 74.6 Å². The van der Waals surface area contributed by atoms with E-state index in [1.165, 1.54) is 0 Å². The molecule has 1 amide bonds. The van der Waals surface area contributed by atoms with Gasteiger partial charge in [-0.25, -0.2) is 0 Å². The van der Waals surface area contributed by atoms with Crippen LogP contribution in [-0.2, 0) is 4.74 Å². The lowest BCUT2D eigenvalue weighted by Gasteiger charge is -2.29. The first-order valence-electron chi connectivity index (χ1n) is 11.4. The van der Waals surface area contributed by atoms with Gasteiger partial charge in [-0.3, -0.25) is 14.5 Å². The highest BCUT2D eigenvalue weighted by molar-refractivity contribution is 5.99. The number of fused-ring (bicyclic) bond motifs is 2. The van der Waals surface area contributed by atoms with E-state index in [1.54, 1.807) is 29.2 Å². The van der Waals surface area contributed by atoms with E-state index in [0.29, 0.717) is 23.1 Å². The molecule has 7 heteroatoms. The third kappa shape index (κ3) is 3.92. The van der Waals surface area contributed by atoms with E-state index < -0.39 is 6.04 Å². The van der Waals surface area contributed by atoms with Crippen LogP contribution in [0.2, 0.25) is 0 Å². The Hall–Kier alpha value is -3.16. The Bertz CT molecular complexity index is 1260. The lowest BCUT2D eigenvalue weighted by molar-refractivity contribution is 0.0353. The number of morpholine rings is 1. The SMILES string of the molecule is Cc1cc2oc3c(c(=O)c2cc1C)C(c1ccc(O)cc1)N(CCCN1CCOCC1)C3=O. The second-order valence-electron chi connectivity index (χ2n) is 8.91. The van der Waals surface area contributed by atoms with E-state index in [2.05, 4.69) is 4.90 Å². The van der Waals surface area contributed by atoms with Crippen LogP contribution in [0.25, 0.3) is 11.0 Å². The zero-order valence-electron chi connectivity index (χ0n) is 19.0. The number of hydrogen-bond donors (Lipinski definition) is 1. The molecule has 1 aromatic heterocycles. The fourth-order valence-electron chi connectivity index (χ4n) is 4.80. The van der Waals surface area contributed by atoms with Crippen molar-refractivity contribution in [1.29, 1.82) is 0 Å². The van der Waals surface area contributed by atoms with Crippen molar-refractivity contribution in [2.45, 2.75) is 26.3 Å². The molecule has 33 heavy (non-hydrogen) atoms. The van der Waals surface area contributed by atoms with Gasteiger partial charge in [-0.2, -0.15) is 0 Å². The average molecular weight is 449 g/mol. The average Bonchev–Trinajstić information content (AvgIpc) is 3.09. The highest BCUT2D eigenvalue weighted by Crippen LogP contribution is 2.38. The molecule has 0 saturated carbocycles. The molecule has 0 aliphatic carbocycles. The highest BCUT2D eigenvalue weighted by atomic mass is 16.5. The smallest absolute Gasteiger partial charge is 0.290 e. The van der Waals surface area contributed by atoms with Gasteiger partial charge >= 0.3 is 0 Å². The number of aromatic hydroxyl groups is 1. The molecule has 1 N–H and O–H groups in total. The molecule has 1 atom stereocenters. The van der Waals surface area contributed by atoms with Crippen LogP contribution in [0.5, 0.6) is 5.75 Å². The molecule has 1 fully saturated rings. The number of ether oxygens (including phenoxy) is 1. The summed E-state index contributed by atoms with van der Waals surface area (Å²) in [4.78, 5) is 31.2. The van der Waals surface area contributed by atoms with E-state index in [-0.39, 0.29) is 22.8 Å². The number of carbonyl (C=O) groups is 1. The van der Waals surface area contributed by atoms with Gasteiger partial charge in [0.2, 0.25) is 5.76 Å². The Morgan fingerprint density at radius 3 is 2.42 bits per heavy atom. The number of carbonyl (C=O) groups excluding carboxylic acids is 1. The van der Waals surface area contributed by atoms with Crippen molar-refractivity contribution in [1.82, 2.24) is 9.80 Å². The Balaban J connectivity index is 1.55. The maximum atomic E-state index is 13.6. The van der Waals surface area contributed by atoms with E-state index >= 15 is 0 Å². The summed E-state index contributed by atoms with van der Waals surface area (Å²) < 4.78 is 11.5. The summed E-state index contributed by atoms with van der Waals surface area (Å²) in [7, 11) is 0. The molecule has 1 unspecified atom stereocenters. The number of hydrogen-bond acceptors (Lipinski definition) is 6. The number of amides is 1. The fraction of sp³-hybridized carbons (Fsp3) is 0.385. The topological polar surface area (TPSA) is 83.2 Å². The minimum Gasteiger partial charge on any atom is -0.508 e. The van der Waals surface area contributed by atoms with E-state index in [1.807, 2.05) is 26.0 Å². The van der Waals surface area contributed by atoms with Gasteiger partial charge in [0, 0.05) is 26.2 Å². The molecule has 172 valence electrons. The molecule has 7 nitrogen and oxygen atoms in total. The summed E-state index contributed by atoms with van der Waals surface area (Å²) in [5.41, 5.74) is 3.44. The van der Waals surface area contributed by atoms with Crippen molar-refractivity contribution < 1.29 is 19.1 Å². The Labute approximate surface area is 192 Å². The van der Waals surface area contributed by atoms with Crippen LogP contribution >= 0.6 is 0 Å².